The van der Waals surface area contributed by atoms with Gasteiger partial charge in [0.25, 0.3) is 0 Å². The maximum absolute atomic E-state index is 9.52. The normalized spacial score (nSPS) is 10.4. The molecule has 5 heteroatoms. The van der Waals surface area contributed by atoms with Crippen molar-refractivity contribution in [3.8, 4) is 17.2 Å². The van der Waals surface area contributed by atoms with Crippen molar-refractivity contribution in [2.24, 2.45) is 5.16 Å². The molecule has 5 nitrogen and oxygen atoms in total. The molecule has 1 rings (SSSR count). The lowest BCUT2D eigenvalue weighted by Crippen LogP contribution is -1.92. The highest BCUT2D eigenvalue weighted by Gasteiger charge is 2.09. The van der Waals surface area contributed by atoms with Crippen molar-refractivity contribution >= 4 is 6.21 Å². The van der Waals surface area contributed by atoms with E-state index in [1.807, 2.05) is 0 Å². The van der Waals surface area contributed by atoms with E-state index in [1.54, 1.807) is 0 Å². The average Bonchev–Trinajstić information content (AvgIpc) is 2.20. The van der Waals surface area contributed by atoms with Crippen molar-refractivity contribution in [3.05, 3.63) is 17.7 Å². The van der Waals surface area contributed by atoms with E-state index in [1.165, 1.54) is 32.6 Å². The minimum Gasteiger partial charge on any atom is -0.502 e. The number of benzene rings is 1. The molecule has 2 N–H and O–H groups in total. The SMILES string of the molecule is COc1cc(/C=N/O)cc(OC)c1O. The molecule has 0 aliphatic rings. The Morgan fingerprint density at radius 1 is 1.21 bits per heavy atom. The summed E-state index contributed by atoms with van der Waals surface area (Å²) in [4.78, 5) is 0. The molecule has 0 amide bonds. The number of hydrogen-bond donors (Lipinski definition) is 2. The molecular weight excluding hydrogens is 186 g/mol. The minimum absolute atomic E-state index is 0.0786. The highest BCUT2D eigenvalue weighted by atomic mass is 16.5. The molecule has 0 saturated heterocycles. The summed E-state index contributed by atoms with van der Waals surface area (Å²) in [5.74, 6) is 0.448. The Morgan fingerprint density at radius 3 is 2.07 bits per heavy atom. The predicted octanol–water partition coefficient (Wildman–Crippen LogP) is 1.22. The van der Waals surface area contributed by atoms with Crippen LogP contribution in [0, 0.1) is 0 Å². The van der Waals surface area contributed by atoms with Crippen LogP contribution in [0.3, 0.4) is 0 Å². The Morgan fingerprint density at radius 2 is 1.71 bits per heavy atom. The van der Waals surface area contributed by atoms with Gasteiger partial charge >= 0.3 is 0 Å². The maximum Gasteiger partial charge on any atom is 0.200 e. The summed E-state index contributed by atoms with van der Waals surface area (Å²) >= 11 is 0. The smallest absolute Gasteiger partial charge is 0.200 e. The van der Waals surface area contributed by atoms with Gasteiger partial charge in [0.15, 0.2) is 11.5 Å². The highest BCUT2D eigenvalue weighted by Crippen LogP contribution is 2.36. The predicted molar refractivity (Wildman–Crippen MR) is 50.6 cm³/mol. The summed E-state index contributed by atoms with van der Waals surface area (Å²) in [5.41, 5.74) is 0.569. The molecule has 0 unspecified atom stereocenters. The summed E-state index contributed by atoms with van der Waals surface area (Å²) in [7, 11) is 2.85. The third-order valence-corrected chi connectivity index (χ3v) is 1.71. The van der Waals surface area contributed by atoms with Crippen molar-refractivity contribution in [2.75, 3.05) is 14.2 Å². The van der Waals surface area contributed by atoms with Crippen LogP contribution in [0.1, 0.15) is 5.56 Å². The van der Waals surface area contributed by atoms with Gasteiger partial charge in [-0.3, -0.25) is 0 Å². The first-order valence-electron chi connectivity index (χ1n) is 3.85. The van der Waals surface area contributed by atoms with E-state index >= 15 is 0 Å². The van der Waals surface area contributed by atoms with Gasteiger partial charge in [-0.25, -0.2) is 0 Å². The molecule has 14 heavy (non-hydrogen) atoms. The molecule has 76 valence electrons. The molecule has 1 aromatic rings. The number of oxime groups is 1. The fourth-order valence-electron chi connectivity index (χ4n) is 1.05. The molecular formula is C9H11NO4. The summed E-state index contributed by atoms with van der Waals surface area (Å²) in [6.07, 6.45) is 1.21. The summed E-state index contributed by atoms with van der Waals surface area (Å²) in [6.45, 7) is 0. The van der Waals surface area contributed by atoms with Crippen LogP contribution in [0.2, 0.25) is 0 Å². The molecule has 1 aromatic carbocycles. The van der Waals surface area contributed by atoms with E-state index in [0.29, 0.717) is 5.56 Å². The molecule has 0 atom stereocenters. The van der Waals surface area contributed by atoms with E-state index in [-0.39, 0.29) is 17.2 Å². The van der Waals surface area contributed by atoms with Gasteiger partial charge in [0.2, 0.25) is 5.75 Å². The van der Waals surface area contributed by atoms with E-state index in [0.717, 1.165) is 0 Å². The van der Waals surface area contributed by atoms with Crippen LogP contribution in [0.4, 0.5) is 0 Å². The van der Waals surface area contributed by atoms with E-state index in [2.05, 4.69) is 5.16 Å². The van der Waals surface area contributed by atoms with Crippen LogP contribution in [0.25, 0.3) is 0 Å². The van der Waals surface area contributed by atoms with Gasteiger partial charge in [-0.05, 0) is 12.1 Å². The second-order valence-electron chi connectivity index (χ2n) is 2.52. The second-order valence-corrected chi connectivity index (χ2v) is 2.52. The first-order chi connectivity index (χ1) is 6.72. The molecule has 0 bridgehead atoms. The highest BCUT2D eigenvalue weighted by molar-refractivity contribution is 5.81. The first-order valence-corrected chi connectivity index (χ1v) is 3.85. The topological polar surface area (TPSA) is 71.3 Å². The van der Waals surface area contributed by atoms with Gasteiger partial charge < -0.3 is 19.8 Å². The number of phenolic OH excluding ortho intramolecular Hbond substituents is 1. The molecule has 0 aromatic heterocycles. The van der Waals surface area contributed by atoms with Gasteiger partial charge in [0.05, 0.1) is 20.4 Å². The van der Waals surface area contributed by atoms with Gasteiger partial charge in [-0.1, -0.05) is 5.16 Å². The fraction of sp³-hybridized carbons (Fsp3) is 0.222. The van der Waals surface area contributed by atoms with Crippen molar-refractivity contribution in [1.82, 2.24) is 0 Å². The third-order valence-electron chi connectivity index (χ3n) is 1.71. The van der Waals surface area contributed by atoms with Crippen LogP contribution >= 0.6 is 0 Å². The van der Waals surface area contributed by atoms with Crippen LogP contribution in [0.5, 0.6) is 17.2 Å². The average molecular weight is 197 g/mol. The summed E-state index contributed by atoms with van der Waals surface area (Å²) < 4.78 is 9.80. The van der Waals surface area contributed by atoms with Crippen molar-refractivity contribution in [1.29, 1.82) is 0 Å². The fourth-order valence-corrected chi connectivity index (χ4v) is 1.05. The lowest BCUT2D eigenvalue weighted by Gasteiger charge is -2.08. The number of methoxy groups -OCH3 is 2. The van der Waals surface area contributed by atoms with Gasteiger partial charge in [-0.2, -0.15) is 0 Å². The molecule has 0 heterocycles. The van der Waals surface area contributed by atoms with Gasteiger partial charge in [0.1, 0.15) is 0 Å². The Balaban J connectivity index is 3.24. The maximum atomic E-state index is 9.52. The molecule has 0 radical (unpaired) electrons. The zero-order valence-corrected chi connectivity index (χ0v) is 7.89. The van der Waals surface area contributed by atoms with Crippen molar-refractivity contribution in [3.63, 3.8) is 0 Å². The number of rotatable bonds is 3. The van der Waals surface area contributed by atoms with Crippen LogP contribution in [0.15, 0.2) is 17.3 Å². The molecule has 0 fully saturated rings. The number of ether oxygens (including phenoxy) is 2. The molecule has 0 aliphatic carbocycles. The lowest BCUT2D eigenvalue weighted by atomic mass is 10.2. The Labute approximate surface area is 81.2 Å². The number of hydrogen-bond acceptors (Lipinski definition) is 5. The first kappa shape index (κ1) is 10.2. The number of phenols is 1. The lowest BCUT2D eigenvalue weighted by molar-refractivity contribution is 0.321. The van der Waals surface area contributed by atoms with Crippen molar-refractivity contribution < 1.29 is 19.8 Å². The largest absolute Gasteiger partial charge is 0.502 e. The number of aromatic hydroxyl groups is 1. The van der Waals surface area contributed by atoms with E-state index in [4.69, 9.17) is 14.7 Å². The molecule has 0 spiro atoms. The zero-order valence-electron chi connectivity index (χ0n) is 7.89. The summed E-state index contributed by atoms with van der Waals surface area (Å²) in [6, 6.07) is 3.05. The van der Waals surface area contributed by atoms with Crippen molar-refractivity contribution in [2.45, 2.75) is 0 Å². The standard InChI is InChI=1S/C9H11NO4/c1-13-7-3-6(5-10-12)4-8(14-2)9(7)11/h3-5,11-12H,1-2H3/b10-5+. The monoisotopic (exact) mass is 197 g/mol. The Hall–Kier alpha value is -1.91. The Bertz CT molecular complexity index is 324. The van der Waals surface area contributed by atoms with Gasteiger partial charge in [0, 0.05) is 5.56 Å². The number of nitrogens with zero attached hydrogens (tertiary/aromatic N) is 1. The van der Waals surface area contributed by atoms with Crippen LogP contribution in [-0.2, 0) is 0 Å². The molecule has 0 saturated carbocycles. The Kier molecular flexibility index (Phi) is 3.17. The van der Waals surface area contributed by atoms with Crippen LogP contribution in [-0.4, -0.2) is 30.7 Å². The third kappa shape index (κ3) is 1.87. The zero-order chi connectivity index (χ0) is 10.6. The molecule has 0 aliphatic heterocycles. The minimum atomic E-state index is -0.0786. The van der Waals surface area contributed by atoms with E-state index < -0.39 is 0 Å². The summed E-state index contributed by atoms with van der Waals surface area (Å²) in [5, 5.41) is 20.7. The van der Waals surface area contributed by atoms with Gasteiger partial charge in [-0.15, -0.1) is 0 Å². The van der Waals surface area contributed by atoms with Crippen LogP contribution < -0.4 is 9.47 Å². The quantitative estimate of drug-likeness (QED) is 0.434. The van der Waals surface area contributed by atoms with E-state index in [9.17, 15) is 5.11 Å². The second kappa shape index (κ2) is 4.36.